The summed E-state index contributed by atoms with van der Waals surface area (Å²) in [6, 6.07) is 8.48. The normalized spacial score (nSPS) is 14.3. The zero-order valence-corrected chi connectivity index (χ0v) is 14.9. The van der Waals surface area contributed by atoms with E-state index in [0.717, 1.165) is 39.4 Å². The molecule has 4 rings (SSSR count). The molecule has 0 unspecified atom stereocenters. The minimum absolute atomic E-state index is 0.279. The number of aromatic nitrogens is 4. The van der Waals surface area contributed by atoms with Crippen molar-refractivity contribution in [3.8, 4) is 0 Å². The Balaban J connectivity index is 1.67. The summed E-state index contributed by atoms with van der Waals surface area (Å²) in [5.74, 6) is 0.745. The summed E-state index contributed by atoms with van der Waals surface area (Å²) in [5, 5.41) is 8.50. The molecule has 1 aliphatic rings. The molecule has 0 bridgehead atoms. The second-order valence-corrected chi connectivity index (χ2v) is 6.66. The average Bonchev–Trinajstić information content (AvgIpc) is 3.23. The average molecular weight is 332 g/mol. The summed E-state index contributed by atoms with van der Waals surface area (Å²) in [7, 11) is 0. The van der Waals surface area contributed by atoms with E-state index in [2.05, 4.69) is 47.1 Å². The Morgan fingerprint density at radius 1 is 1.08 bits per heavy atom. The van der Waals surface area contributed by atoms with E-state index >= 15 is 0 Å². The summed E-state index contributed by atoms with van der Waals surface area (Å²) in [5.41, 5.74) is 7.06. The maximum Gasteiger partial charge on any atom is 0.155 e. The fourth-order valence-corrected chi connectivity index (χ4v) is 2.92. The van der Waals surface area contributed by atoms with Crippen LogP contribution >= 0.6 is 0 Å². The Bertz CT molecular complexity index is 1030. The van der Waals surface area contributed by atoms with E-state index in [1.54, 1.807) is 0 Å². The third kappa shape index (κ3) is 2.73. The second-order valence-electron chi connectivity index (χ2n) is 6.66. The van der Waals surface area contributed by atoms with Gasteiger partial charge in [-0.3, -0.25) is 9.98 Å². The monoisotopic (exact) mass is 332 g/mol. The Kier molecular flexibility index (Phi) is 3.67. The molecule has 0 amide bonds. The van der Waals surface area contributed by atoms with Gasteiger partial charge >= 0.3 is 0 Å². The van der Waals surface area contributed by atoms with Crippen molar-refractivity contribution in [1.29, 1.82) is 0 Å². The number of aliphatic imine (C=N–C) groups is 2. The standard InChI is InChI=1S/C19H20N6/c1-11(2)25-18-6-5-14(8-16(18)23-24-25)19-21-10-17(22-19)15-7-12(3)13(4)20-9-15/h5-9,11H,10H2,1-4H3. The van der Waals surface area contributed by atoms with E-state index in [0.29, 0.717) is 6.54 Å². The Morgan fingerprint density at radius 2 is 1.92 bits per heavy atom. The number of amidine groups is 1. The number of pyridine rings is 1. The SMILES string of the molecule is Cc1cc(C2=NC(c3ccc4c(c3)nnn4C(C)C)=NC2)cnc1C. The molecular weight excluding hydrogens is 312 g/mol. The van der Waals surface area contributed by atoms with Crippen molar-refractivity contribution >= 4 is 22.6 Å². The van der Waals surface area contributed by atoms with Gasteiger partial charge in [-0.1, -0.05) is 5.21 Å². The minimum atomic E-state index is 0.279. The summed E-state index contributed by atoms with van der Waals surface area (Å²) in [6.07, 6.45) is 1.87. The van der Waals surface area contributed by atoms with Crippen molar-refractivity contribution in [2.24, 2.45) is 9.98 Å². The van der Waals surface area contributed by atoms with Gasteiger partial charge in [-0.25, -0.2) is 9.67 Å². The van der Waals surface area contributed by atoms with Gasteiger partial charge in [-0.05, 0) is 57.5 Å². The van der Waals surface area contributed by atoms with Gasteiger partial charge in [0.25, 0.3) is 0 Å². The lowest BCUT2D eigenvalue weighted by Crippen LogP contribution is -2.04. The lowest BCUT2D eigenvalue weighted by atomic mass is 10.1. The molecule has 25 heavy (non-hydrogen) atoms. The summed E-state index contributed by atoms with van der Waals surface area (Å²) in [6.45, 7) is 8.84. The third-order valence-corrected chi connectivity index (χ3v) is 4.51. The van der Waals surface area contributed by atoms with Crippen LogP contribution in [0, 0.1) is 13.8 Å². The first-order valence-corrected chi connectivity index (χ1v) is 8.44. The van der Waals surface area contributed by atoms with Crippen LogP contribution in [0.1, 0.15) is 42.3 Å². The zero-order chi connectivity index (χ0) is 17.6. The fourth-order valence-electron chi connectivity index (χ4n) is 2.92. The van der Waals surface area contributed by atoms with E-state index in [1.807, 2.05) is 36.0 Å². The number of fused-ring (bicyclic) bond motifs is 1. The first-order chi connectivity index (χ1) is 12.0. The molecule has 0 fully saturated rings. The van der Waals surface area contributed by atoms with E-state index < -0.39 is 0 Å². The molecule has 0 spiro atoms. The van der Waals surface area contributed by atoms with Gasteiger partial charge in [0.2, 0.25) is 0 Å². The lowest BCUT2D eigenvalue weighted by Gasteiger charge is -2.05. The maximum atomic E-state index is 4.72. The molecule has 1 aromatic carbocycles. The van der Waals surface area contributed by atoms with Crippen LogP contribution < -0.4 is 0 Å². The highest BCUT2D eigenvalue weighted by molar-refractivity contribution is 6.17. The van der Waals surface area contributed by atoms with Gasteiger partial charge in [-0.15, -0.1) is 5.10 Å². The van der Waals surface area contributed by atoms with E-state index in [1.165, 1.54) is 5.56 Å². The van der Waals surface area contributed by atoms with Crippen molar-refractivity contribution in [3.05, 3.63) is 52.8 Å². The minimum Gasteiger partial charge on any atom is -0.261 e. The number of nitrogens with zero attached hydrogens (tertiary/aromatic N) is 6. The number of hydrogen-bond donors (Lipinski definition) is 0. The van der Waals surface area contributed by atoms with Crippen LogP contribution in [0.25, 0.3) is 11.0 Å². The van der Waals surface area contributed by atoms with Crippen molar-refractivity contribution in [3.63, 3.8) is 0 Å². The molecule has 0 atom stereocenters. The zero-order valence-electron chi connectivity index (χ0n) is 14.9. The smallest absolute Gasteiger partial charge is 0.155 e. The third-order valence-electron chi connectivity index (χ3n) is 4.51. The van der Waals surface area contributed by atoms with Gasteiger partial charge in [-0.2, -0.15) is 0 Å². The fraction of sp³-hybridized carbons (Fsp3) is 0.316. The van der Waals surface area contributed by atoms with Gasteiger partial charge in [0, 0.05) is 29.1 Å². The van der Waals surface area contributed by atoms with Crippen LogP contribution in [-0.2, 0) is 0 Å². The van der Waals surface area contributed by atoms with E-state index in [4.69, 9.17) is 4.99 Å². The van der Waals surface area contributed by atoms with Gasteiger partial charge in [0.15, 0.2) is 5.84 Å². The highest BCUT2D eigenvalue weighted by atomic mass is 15.4. The van der Waals surface area contributed by atoms with Crippen molar-refractivity contribution in [2.45, 2.75) is 33.7 Å². The van der Waals surface area contributed by atoms with Gasteiger partial charge < -0.3 is 0 Å². The number of rotatable bonds is 3. The van der Waals surface area contributed by atoms with Crippen molar-refractivity contribution < 1.29 is 0 Å². The van der Waals surface area contributed by atoms with E-state index in [9.17, 15) is 0 Å². The van der Waals surface area contributed by atoms with Crippen LogP contribution in [0.2, 0.25) is 0 Å². The summed E-state index contributed by atoms with van der Waals surface area (Å²) in [4.78, 5) is 13.7. The van der Waals surface area contributed by atoms with Crippen LogP contribution in [0.4, 0.5) is 0 Å². The molecule has 0 saturated heterocycles. The van der Waals surface area contributed by atoms with E-state index in [-0.39, 0.29) is 6.04 Å². The lowest BCUT2D eigenvalue weighted by molar-refractivity contribution is 0.530. The van der Waals surface area contributed by atoms with Crippen LogP contribution in [-0.4, -0.2) is 38.1 Å². The number of benzene rings is 1. The maximum absolute atomic E-state index is 4.72. The topological polar surface area (TPSA) is 68.3 Å². The molecule has 2 aromatic heterocycles. The Hall–Kier alpha value is -2.89. The summed E-state index contributed by atoms with van der Waals surface area (Å²) < 4.78 is 1.92. The molecule has 6 nitrogen and oxygen atoms in total. The molecular formula is C19H20N6. The highest BCUT2D eigenvalue weighted by Gasteiger charge is 2.16. The Morgan fingerprint density at radius 3 is 2.68 bits per heavy atom. The summed E-state index contributed by atoms with van der Waals surface area (Å²) >= 11 is 0. The van der Waals surface area contributed by atoms with Crippen LogP contribution in [0.3, 0.4) is 0 Å². The molecule has 0 saturated carbocycles. The largest absolute Gasteiger partial charge is 0.261 e. The first-order valence-electron chi connectivity index (χ1n) is 8.44. The number of aryl methyl sites for hydroxylation is 2. The van der Waals surface area contributed by atoms with Gasteiger partial charge in [0.1, 0.15) is 5.52 Å². The molecule has 1 aliphatic heterocycles. The molecule has 126 valence electrons. The quantitative estimate of drug-likeness (QED) is 0.739. The highest BCUT2D eigenvalue weighted by Crippen LogP contribution is 2.20. The number of hydrogen-bond acceptors (Lipinski definition) is 5. The van der Waals surface area contributed by atoms with Crippen molar-refractivity contribution in [1.82, 2.24) is 20.0 Å². The Labute approximate surface area is 146 Å². The molecule has 0 radical (unpaired) electrons. The van der Waals surface area contributed by atoms with Gasteiger partial charge in [0.05, 0.1) is 17.8 Å². The second kappa shape index (κ2) is 5.88. The molecule has 6 heteroatoms. The predicted octanol–water partition coefficient (Wildman–Crippen LogP) is 3.27. The first kappa shape index (κ1) is 15.6. The van der Waals surface area contributed by atoms with Crippen molar-refractivity contribution in [2.75, 3.05) is 6.54 Å². The van der Waals surface area contributed by atoms with Crippen LogP contribution in [0.15, 0.2) is 40.4 Å². The van der Waals surface area contributed by atoms with Crippen LogP contribution in [0.5, 0.6) is 0 Å². The molecule has 0 aliphatic carbocycles. The molecule has 3 heterocycles. The molecule has 3 aromatic rings. The predicted molar refractivity (Wildman–Crippen MR) is 99.6 cm³/mol. The molecule has 0 N–H and O–H groups in total.